The molecule has 0 aromatic heterocycles. The van der Waals surface area contributed by atoms with Crippen LogP contribution in [0.2, 0.25) is 0 Å². The summed E-state index contributed by atoms with van der Waals surface area (Å²) in [7, 11) is 0. The molecule has 2 atom stereocenters. The molecule has 1 aromatic rings. The van der Waals surface area contributed by atoms with Gasteiger partial charge in [-0.2, -0.15) is 0 Å². The lowest BCUT2D eigenvalue weighted by molar-refractivity contribution is 0.171. The quantitative estimate of drug-likeness (QED) is 0.890. The maximum atomic E-state index is 11.8. The molecule has 1 aliphatic rings. The van der Waals surface area contributed by atoms with Crippen LogP contribution in [-0.2, 0) is 0 Å². The number of nitrogens with one attached hydrogen (secondary N) is 2. The highest BCUT2D eigenvalue weighted by molar-refractivity contribution is 5.74. The molecule has 0 fully saturated rings. The third-order valence-electron chi connectivity index (χ3n) is 3.40. The Hall–Kier alpha value is -1.91. The number of hydrogen-bond donors (Lipinski definition) is 2. The second kappa shape index (κ2) is 6.50. The van der Waals surface area contributed by atoms with Gasteiger partial charge in [-0.15, -0.1) is 0 Å². The summed E-state index contributed by atoms with van der Waals surface area (Å²) >= 11 is 0. The lowest BCUT2D eigenvalue weighted by Gasteiger charge is -2.21. The van der Waals surface area contributed by atoms with Crippen molar-refractivity contribution < 1.29 is 14.3 Å². The van der Waals surface area contributed by atoms with E-state index in [4.69, 9.17) is 9.47 Å². The highest BCUT2D eigenvalue weighted by atomic mass is 16.6. The van der Waals surface area contributed by atoms with Crippen LogP contribution in [0, 0.1) is 0 Å². The molecule has 2 rings (SSSR count). The van der Waals surface area contributed by atoms with Crippen molar-refractivity contribution in [1.82, 2.24) is 10.6 Å². The highest BCUT2D eigenvalue weighted by Crippen LogP contribution is 2.32. The summed E-state index contributed by atoms with van der Waals surface area (Å²) in [5.41, 5.74) is 0.994. The number of benzene rings is 1. The molecule has 0 unspecified atom stereocenters. The summed E-state index contributed by atoms with van der Waals surface area (Å²) in [4.78, 5) is 11.8. The minimum absolute atomic E-state index is 0.0881. The van der Waals surface area contributed by atoms with E-state index < -0.39 is 0 Å². The van der Waals surface area contributed by atoms with Crippen LogP contribution in [0.25, 0.3) is 0 Å². The number of carbonyl (C=O) groups is 1. The van der Waals surface area contributed by atoms with Crippen molar-refractivity contribution in [2.24, 2.45) is 0 Å². The van der Waals surface area contributed by atoms with Gasteiger partial charge in [-0.25, -0.2) is 4.79 Å². The molecule has 0 saturated carbocycles. The topological polar surface area (TPSA) is 59.6 Å². The summed E-state index contributed by atoms with van der Waals surface area (Å²) in [5, 5.41) is 5.81. The SMILES string of the molecule is CC[C@H](C)NC(=O)N[C@H](C)c1ccc2c(c1)OCCO2. The van der Waals surface area contributed by atoms with Crippen molar-refractivity contribution >= 4 is 6.03 Å². The van der Waals surface area contributed by atoms with E-state index in [9.17, 15) is 4.79 Å². The van der Waals surface area contributed by atoms with Crippen LogP contribution in [0.3, 0.4) is 0 Å². The lowest BCUT2D eigenvalue weighted by Crippen LogP contribution is -2.41. The van der Waals surface area contributed by atoms with E-state index in [2.05, 4.69) is 10.6 Å². The minimum Gasteiger partial charge on any atom is -0.486 e. The van der Waals surface area contributed by atoms with E-state index in [0.717, 1.165) is 23.5 Å². The van der Waals surface area contributed by atoms with E-state index in [-0.39, 0.29) is 18.1 Å². The number of ether oxygens (including phenoxy) is 2. The van der Waals surface area contributed by atoms with Crippen molar-refractivity contribution in [2.75, 3.05) is 13.2 Å². The van der Waals surface area contributed by atoms with E-state index in [1.807, 2.05) is 39.0 Å². The van der Waals surface area contributed by atoms with Crippen molar-refractivity contribution in [3.8, 4) is 11.5 Å². The smallest absolute Gasteiger partial charge is 0.315 e. The molecule has 2 N–H and O–H groups in total. The molecule has 0 radical (unpaired) electrons. The number of rotatable bonds is 4. The predicted octanol–water partition coefficient (Wildman–Crippen LogP) is 2.62. The van der Waals surface area contributed by atoms with E-state index in [1.54, 1.807) is 0 Å². The number of amides is 2. The Labute approximate surface area is 119 Å². The Morgan fingerprint density at radius 3 is 2.60 bits per heavy atom. The van der Waals surface area contributed by atoms with Crippen molar-refractivity contribution in [3.63, 3.8) is 0 Å². The third kappa shape index (κ3) is 3.56. The van der Waals surface area contributed by atoms with Crippen LogP contribution in [0.15, 0.2) is 18.2 Å². The molecule has 5 nitrogen and oxygen atoms in total. The maximum absolute atomic E-state index is 11.8. The van der Waals surface area contributed by atoms with Gasteiger partial charge in [-0.05, 0) is 38.0 Å². The molecular weight excluding hydrogens is 256 g/mol. The number of fused-ring (bicyclic) bond motifs is 1. The zero-order valence-electron chi connectivity index (χ0n) is 12.2. The average Bonchev–Trinajstić information content (AvgIpc) is 2.46. The summed E-state index contributed by atoms with van der Waals surface area (Å²) < 4.78 is 11.0. The molecular formula is C15H22N2O3. The average molecular weight is 278 g/mol. The molecule has 5 heteroatoms. The Kier molecular flexibility index (Phi) is 4.71. The summed E-state index contributed by atoms with van der Waals surface area (Å²) in [6, 6.07) is 5.68. The monoisotopic (exact) mass is 278 g/mol. The van der Waals surface area contributed by atoms with E-state index in [0.29, 0.717) is 13.2 Å². The van der Waals surface area contributed by atoms with Crippen molar-refractivity contribution in [1.29, 1.82) is 0 Å². The van der Waals surface area contributed by atoms with Crippen LogP contribution < -0.4 is 20.1 Å². The molecule has 0 bridgehead atoms. The largest absolute Gasteiger partial charge is 0.486 e. The van der Waals surface area contributed by atoms with Crippen LogP contribution in [0.5, 0.6) is 11.5 Å². The van der Waals surface area contributed by atoms with Crippen LogP contribution in [0.1, 0.15) is 38.8 Å². The first-order chi connectivity index (χ1) is 9.60. The fourth-order valence-electron chi connectivity index (χ4n) is 1.98. The summed E-state index contributed by atoms with van der Waals surface area (Å²) in [6.45, 7) is 7.11. The normalized spacial score (nSPS) is 16.1. The van der Waals surface area contributed by atoms with Gasteiger partial charge in [-0.3, -0.25) is 0 Å². The fraction of sp³-hybridized carbons (Fsp3) is 0.533. The van der Waals surface area contributed by atoms with Gasteiger partial charge in [0, 0.05) is 6.04 Å². The molecule has 0 saturated heterocycles. The Bertz CT molecular complexity index is 476. The molecule has 1 heterocycles. The fourth-order valence-corrected chi connectivity index (χ4v) is 1.98. The molecule has 0 aliphatic carbocycles. The van der Waals surface area contributed by atoms with Crippen LogP contribution >= 0.6 is 0 Å². The second-order valence-electron chi connectivity index (χ2n) is 5.05. The first kappa shape index (κ1) is 14.5. The molecule has 2 amide bonds. The first-order valence-electron chi connectivity index (χ1n) is 7.06. The summed E-state index contributed by atoms with van der Waals surface area (Å²) in [5.74, 6) is 1.50. The minimum atomic E-state index is -0.151. The second-order valence-corrected chi connectivity index (χ2v) is 5.05. The standard InChI is InChI=1S/C15H22N2O3/c1-4-10(2)16-15(18)17-11(3)12-5-6-13-14(9-12)20-8-7-19-13/h5-6,9-11H,4,7-8H2,1-3H3,(H2,16,17,18)/t10-,11+/m0/s1. The van der Waals surface area contributed by atoms with Gasteiger partial charge < -0.3 is 20.1 Å². The predicted molar refractivity (Wildman–Crippen MR) is 77.3 cm³/mol. The highest BCUT2D eigenvalue weighted by Gasteiger charge is 2.16. The Morgan fingerprint density at radius 2 is 1.90 bits per heavy atom. The zero-order valence-corrected chi connectivity index (χ0v) is 12.2. The molecule has 1 aliphatic heterocycles. The molecule has 1 aromatic carbocycles. The van der Waals surface area contributed by atoms with Gasteiger partial charge >= 0.3 is 6.03 Å². The molecule has 20 heavy (non-hydrogen) atoms. The molecule has 110 valence electrons. The zero-order chi connectivity index (χ0) is 14.5. The Balaban J connectivity index is 1.98. The Morgan fingerprint density at radius 1 is 1.20 bits per heavy atom. The molecule has 0 spiro atoms. The van der Waals surface area contributed by atoms with Gasteiger partial charge in [0.05, 0.1) is 6.04 Å². The maximum Gasteiger partial charge on any atom is 0.315 e. The first-order valence-corrected chi connectivity index (χ1v) is 7.06. The van der Waals surface area contributed by atoms with Crippen molar-refractivity contribution in [2.45, 2.75) is 39.3 Å². The van der Waals surface area contributed by atoms with Gasteiger partial charge in [0.1, 0.15) is 13.2 Å². The van der Waals surface area contributed by atoms with E-state index in [1.165, 1.54) is 0 Å². The number of carbonyl (C=O) groups excluding carboxylic acids is 1. The number of hydrogen-bond acceptors (Lipinski definition) is 3. The van der Waals surface area contributed by atoms with Gasteiger partial charge in [0.15, 0.2) is 11.5 Å². The van der Waals surface area contributed by atoms with Crippen LogP contribution in [-0.4, -0.2) is 25.3 Å². The van der Waals surface area contributed by atoms with Gasteiger partial charge in [0.25, 0.3) is 0 Å². The van der Waals surface area contributed by atoms with E-state index >= 15 is 0 Å². The summed E-state index contributed by atoms with van der Waals surface area (Å²) in [6.07, 6.45) is 0.909. The van der Waals surface area contributed by atoms with Gasteiger partial charge in [-0.1, -0.05) is 13.0 Å². The van der Waals surface area contributed by atoms with Crippen molar-refractivity contribution in [3.05, 3.63) is 23.8 Å². The lowest BCUT2D eigenvalue weighted by atomic mass is 10.1. The third-order valence-corrected chi connectivity index (χ3v) is 3.40. The number of urea groups is 1. The van der Waals surface area contributed by atoms with Crippen LogP contribution in [0.4, 0.5) is 4.79 Å². The van der Waals surface area contributed by atoms with Gasteiger partial charge in [0.2, 0.25) is 0 Å².